The summed E-state index contributed by atoms with van der Waals surface area (Å²) in [4.78, 5) is 26.1. The van der Waals surface area contributed by atoms with Gasteiger partial charge in [-0.2, -0.15) is 0 Å². The van der Waals surface area contributed by atoms with E-state index in [-0.39, 0.29) is 24.5 Å². The van der Waals surface area contributed by atoms with Crippen molar-refractivity contribution in [2.45, 2.75) is 91.3 Å². The van der Waals surface area contributed by atoms with E-state index >= 15 is 0 Å². The minimum Gasteiger partial charge on any atom is -0.424 e. The van der Waals surface area contributed by atoms with Crippen molar-refractivity contribution in [2.24, 2.45) is 17.1 Å². The van der Waals surface area contributed by atoms with E-state index in [1.54, 1.807) is 13.8 Å². The zero-order chi connectivity index (χ0) is 24.5. The van der Waals surface area contributed by atoms with Gasteiger partial charge in [0.2, 0.25) is 6.29 Å². The molecule has 1 fully saturated rings. The van der Waals surface area contributed by atoms with E-state index in [4.69, 9.17) is 24.7 Å². The number of hydrogen-bond acceptors (Lipinski definition) is 7. The fourth-order valence-electron chi connectivity index (χ4n) is 4.51. The predicted octanol–water partition coefficient (Wildman–Crippen LogP) is 4.36. The third-order valence-electron chi connectivity index (χ3n) is 6.37. The lowest BCUT2D eigenvalue weighted by Crippen LogP contribution is -2.52. The second kappa shape index (κ2) is 12.5. The molecule has 0 saturated heterocycles. The van der Waals surface area contributed by atoms with Crippen LogP contribution in [0.3, 0.4) is 0 Å². The molecule has 7 heteroatoms. The van der Waals surface area contributed by atoms with Crippen LogP contribution in [0.2, 0.25) is 0 Å². The van der Waals surface area contributed by atoms with Crippen LogP contribution in [0.25, 0.3) is 0 Å². The standard InChI is InChI=1S/C26H41NO6/c1-6-30-25(5,31-7-2)24(29)33-23(19(3)4)32-22(28)21(27)26(16-12-9-13-17-26)18-20-14-10-8-11-15-20/h8,10-11,14-15,19,21,23H,6-7,9,12-13,16-18,27H2,1-5H3. The molecular formula is C26H41NO6. The molecule has 0 amide bonds. The van der Waals surface area contributed by atoms with Gasteiger partial charge in [0.1, 0.15) is 6.04 Å². The average Bonchev–Trinajstić information content (AvgIpc) is 2.79. The Bertz CT molecular complexity index is 738. The first kappa shape index (κ1) is 27.3. The first-order chi connectivity index (χ1) is 15.7. The summed E-state index contributed by atoms with van der Waals surface area (Å²) in [5, 5.41) is 0. The highest BCUT2D eigenvalue weighted by atomic mass is 16.8. The van der Waals surface area contributed by atoms with Gasteiger partial charge >= 0.3 is 11.9 Å². The molecule has 33 heavy (non-hydrogen) atoms. The first-order valence-corrected chi connectivity index (χ1v) is 12.2. The molecule has 0 spiro atoms. The second-order valence-electron chi connectivity index (χ2n) is 9.33. The second-order valence-corrected chi connectivity index (χ2v) is 9.33. The third-order valence-corrected chi connectivity index (χ3v) is 6.37. The fourth-order valence-corrected chi connectivity index (χ4v) is 4.51. The first-order valence-electron chi connectivity index (χ1n) is 12.2. The Morgan fingerprint density at radius 1 is 1.00 bits per heavy atom. The molecule has 1 aromatic carbocycles. The number of nitrogens with two attached hydrogens (primary N) is 1. The Morgan fingerprint density at radius 2 is 1.58 bits per heavy atom. The lowest BCUT2D eigenvalue weighted by molar-refractivity contribution is -0.257. The molecule has 0 bridgehead atoms. The molecular weight excluding hydrogens is 422 g/mol. The number of hydrogen-bond donors (Lipinski definition) is 1. The Kier molecular flexibility index (Phi) is 10.3. The summed E-state index contributed by atoms with van der Waals surface area (Å²) in [7, 11) is 0. The number of esters is 2. The molecule has 7 nitrogen and oxygen atoms in total. The molecule has 0 radical (unpaired) electrons. The lowest BCUT2D eigenvalue weighted by atomic mass is 9.66. The topological polar surface area (TPSA) is 97.1 Å². The summed E-state index contributed by atoms with van der Waals surface area (Å²) in [6.45, 7) is 9.20. The summed E-state index contributed by atoms with van der Waals surface area (Å²) in [5.41, 5.74) is 7.34. The van der Waals surface area contributed by atoms with Gasteiger partial charge in [-0.3, -0.25) is 4.79 Å². The molecule has 2 unspecified atom stereocenters. The Balaban J connectivity index is 2.16. The van der Waals surface area contributed by atoms with Crippen LogP contribution in [0.15, 0.2) is 30.3 Å². The van der Waals surface area contributed by atoms with Crippen LogP contribution in [-0.4, -0.2) is 43.3 Å². The molecule has 1 aliphatic rings. The van der Waals surface area contributed by atoms with Gasteiger partial charge in [0.15, 0.2) is 0 Å². The molecule has 0 heterocycles. The molecule has 2 atom stereocenters. The van der Waals surface area contributed by atoms with Crippen molar-refractivity contribution in [2.75, 3.05) is 13.2 Å². The molecule has 0 aliphatic heterocycles. The third kappa shape index (κ3) is 7.26. The number of carbonyl (C=O) groups excluding carboxylic acids is 2. The number of benzene rings is 1. The summed E-state index contributed by atoms with van der Waals surface area (Å²) in [6, 6.07) is 9.29. The largest absolute Gasteiger partial charge is 0.424 e. The molecule has 2 rings (SSSR count). The van der Waals surface area contributed by atoms with E-state index in [9.17, 15) is 9.59 Å². The molecule has 1 aromatic rings. The van der Waals surface area contributed by atoms with Crippen molar-refractivity contribution in [3.63, 3.8) is 0 Å². The highest BCUT2D eigenvalue weighted by molar-refractivity contribution is 5.79. The zero-order valence-corrected chi connectivity index (χ0v) is 20.8. The molecule has 186 valence electrons. The van der Waals surface area contributed by atoms with Crippen LogP contribution >= 0.6 is 0 Å². The minimum atomic E-state index is -1.57. The van der Waals surface area contributed by atoms with Crippen LogP contribution in [0.1, 0.15) is 72.3 Å². The zero-order valence-electron chi connectivity index (χ0n) is 20.8. The summed E-state index contributed by atoms with van der Waals surface area (Å²) in [6.07, 6.45) is 4.53. The molecule has 2 N–H and O–H groups in total. The lowest BCUT2D eigenvalue weighted by Gasteiger charge is -2.41. The van der Waals surface area contributed by atoms with Crippen LogP contribution in [0.4, 0.5) is 0 Å². The van der Waals surface area contributed by atoms with Gasteiger partial charge in [0.25, 0.3) is 5.79 Å². The number of ether oxygens (including phenoxy) is 4. The molecule has 1 saturated carbocycles. The minimum absolute atomic E-state index is 0.268. The van der Waals surface area contributed by atoms with Gasteiger partial charge in [-0.1, -0.05) is 63.4 Å². The number of rotatable bonds is 12. The smallest absolute Gasteiger partial charge is 0.369 e. The molecule has 1 aliphatic carbocycles. The van der Waals surface area contributed by atoms with Gasteiger partial charge < -0.3 is 24.7 Å². The SMILES string of the molecule is CCOC(C)(OCC)C(=O)OC(OC(=O)C(N)C1(Cc2ccccc2)CCCCC1)C(C)C. The Labute approximate surface area is 198 Å². The van der Waals surface area contributed by atoms with Gasteiger partial charge in [-0.05, 0) is 38.7 Å². The van der Waals surface area contributed by atoms with Crippen LogP contribution in [0, 0.1) is 11.3 Å². The van der Waals surface area contributed by atoms with Gasteiger partial charge in [0, 0.05) is 31.5 Å². The van der Waals surface area contributed by atoms with E-state index in [1.807, 2.05) is 32.0 Å². The Morgan fingerprint density at radius 3 is 2.09 bits per heavy atom. The summed E-state index contributed by atoms with van der Waals surface area (Å²) in [5.74, 6) is -3.12. The quantitative estimate of drug-likeness (QED) is 0.363. The van der Waals surface area contributed by atoms with Crippen LogP contribution < -0.4 is 5.73 Å². The highest BCUT2D eigenvalue weighted by Crippen LogP contribution is 2.42. The van der Waals surface area contributed by atoms with E-state index in [2.05, 4.69) is 12.1 Å². The van der Waals surface area contributed by atoms with Crippen molar-refractivity contribution in [1.82, 2.24) is 0 Å². The van der Waals surface area contributed by atoms with E-state index in [1.165, 1.54) is 6.92 Å². The van der Waals surface area contributed by atoms with Crippen molar-refractivity contribution in [3.8, 4) is 0 Å². The monoisotopic (exact) mass is 463 g/mol. The normalized spacial score (nSPS) is 17.9. The molecule has 0 aromatic heterocycles. The van der Waals surface area contributed by atoms with Gasteiger partial charge in [0.05, 0.1) is 0 Å². The summed E-state index contributed by atoms with van der Waals surface area (Å²) >= 11 is 0. The van der Waals surface area contributed by atoms with Gasteiger partial charge in [-0.25, -0.2) is 4.79 Å². The summed E-state index contributed by atoms with van der Waals surface area (Å²) < 4.78 is 22.2. The van der Waals surface area contributed by atoms with Crippen molar-refractivity contribution >= 4 is 11.9 Å². The highest BCUT2D eigenvalue weighted by Gasteiger charge is 2.44. The Hall–Kier alpha value is -1.96. The van der Waals surface area contributed by atoms with E-state index in [0.717, 1.165) is 37.7 Å². The van der Waals surface area contributed by atoms with Crippen LogP contribution in [0.5, 0.6) is 0 Å². The van der Waals surface area contributed by atoms with E-state index in [0.29, 0.717) is 6.42 Å². The average molecular weight is 464 g/mol. The van der Waals surface area contributed by atoms with E-state index < -0.39 is 30.1 Å². The maximum Gasteiger partial charge on any atom is 0.369 e. The van der Waals surface area contributed by atoms with Crippen molar-refractivity contribution < 1.29 is 28.5 Å². The van der Waals surface area contributed by atoms with Gasteiger partial charge in [-0.15, -0.1) is 0 Å². The van der Waals surface area contributed by atoms with Crippen molar-refractivity contribution in [1.29, 1.82) is 0 Å². The van der Waals surface area contributed by atoms with Crippen molar-refractivity contribution in [3.05, 3.63) is 35.9 Å². The van der Waals surface area contributed by atoms with Crippen LogP contribution in [-0.2, 0) is 35.0 Å². The fraction of sp³-hybridized carbons (Fsp3) is 0.692. The maximum absolute atomic E-state index is 13.2. The predicted molar refractivity (Wildman–Crippen MR) is 126 cm³/mol. The maximum atomic E-state index is 13.2. The number of carbonyl (C=O) groups is 2.